The van der Waals surface area contributed by atoms with Crippen LogP contribution in [0.25, 0.3) is 6.08 Å². The highest BCUT2D eigenvalue weighted by Gasteiger charge is 2.51. The van der Waals surface area contributed by atoms with E-state index in [4.69, 9.17) is 4.74 Å². The maximum atomic E-state index is 13.2. The van der Waals surface area contributed by atoms with Gasteiger partial charge in [0, 0.05) is 12.6 Å². The van der Waals surface area contributed by atoms with Crippen LogP contribution in [-0.4, -0.2) is 48.8 Å². The van der Waals surface area contributed by atoms with Gasteiger partial charge in [0.05, 0.1) is 0 Å². The Hall–Kier alpha value is -1.57. The maximum absolute atomic E-state index is 13.2. The molecule has 1 aromatic rings. The van der Waals surface area contributed by atoms with Crippen LogP contribution in [0.1, 0.15) is 58.9 Å². The maximum Gasteiger partial charge on any atom is 0.411 e. The van der Waals surface area contributed by atoms with E-state index in [-0.39, 0.29) is 30.2 Å². The normalized spacial score (nSPS) is 23.9. The summed E-state index contributed by atoms with van der Waals surface area (Å²) in [4.78, 5) is 14.4. The summed E-state index contributed by atoms with van der Waals surface area (Å²) in [6.45, 7) is 7.86. The number of sulfone groups is 1. The summed E-state index contributed by atoms with van der Waals surface area (Å²) in [6.07, 6.45) is 4.89. The predicted octanol–water partition coefficient (Wildman–Crippen LogP) is 4.61. The Balaban J connectivity index is 0.00000341. The number of ether oxygens (including phenoxy) is 1. The lowest BCUT2D eigenvalue weighted by Gasteiger charge is -2.32. The highest BCUT2D eigenvalue weighted by atomic mass is 35.5. The Bertz CT molecular complexity index is 881. The molecule has 31 heavy (non-hydrogen) atoms. The third-order valence-electron chi connectivity index (χ3n) is 5.73. The third kappa shape index (κ3) is 6.70. The van der Waals surface area contributed by atoms with E-state index in [2.05, 4.69) is 5.32 Å². The van der Waals surface area contributed by atoms with E-state index in [0.29, 0.717) is 13.0 Å². The van der Waals surface area contributed by atoms with Crippen molar-refractivity contribution >= 4 is 34.4 Å². The Morgan fingerprint density at radius 2 is 1.90 bits per heavy atom. The van der Waals surface area contributed by atoms with Gasteiger partial charge in [-0.25, -0.2) is 13.2 Å². The van der Waals surface area contributed by atoms with Crippen LogP contribution in [0.5, 0.6) is 0 Å². The first-order valence-electron chi connectivity index (χ1n) is 10.7. The summed E-state index contributed by atoms with van der Waals surface area (Å²) in [7, 11) is -3.53. The minimum absolute atomic E-state index is 0. The zero-order valence-corrected chi connectivity index (χ0v) is 20.5. The summed E-state index contributed by atoms with van der Waals surface area (Å²) < 4.78 is 31.9. The van der Waals surface area contributed by atoms with Crippen LogP contribution < -0.4 is 5.32 Å². The summed E-state index contributed by atoms with van der Waals surface area (Å²) in [5.74, 6) is 0.0909. The van der Waals surface area contributed by atoms with E-state index in [1.54, 1.807) is 20.8 Å². The van der Waals surface area contributed by atoms with Crippen molar-refractivity contribution in [1.82, 2.24) is 10.2 Å². The predicted molar refractivity (Wildman–Crippen MR) is 127 cm³/mol. The molecule has 1 saturated carbocycles. The van der Waals surface area contributed by atoms with Crippen molar-refractivity contribution in [3.63, 3.8) is 0 Å². The number of nitrogens with one attached hydrogen (secondary N) is 1. The van der Waals surface area contributed by atoms with Gasteiger partial charge in [0.1, 0.15) is 16.9 Å². The average molecular weight is 471 g/mol. The molecule has 1 amide bonds. The molecule has 2 unspecified atom stereocenters. The first-order valence-corrected chi connectivity index (χ1v) is 12.4. The average Bonchev–Trinajstić information content (AvgIpc) is 3.22. The first-order chi connectivity index (χ1) is 14.1. The summed E-state index contributed by atoms with van der Waals surface area (Å²) in [6, 6.07) is 9.90. The number of fused-ring (bicyclic) bond motifs is 1. The van der Waals surface area contributed by atoms with Crippen LogP contribution in [0.2, 0.25) is 0 Å². The van der Waals surface area contributed by atoms with Crippen molar-refractivity contribution in [2.24, 2.45) is 5.92 Å². The highest BCUT2D eigenvalue weighted by Crippen LogP contribution is 2.43. The van der Waals surface area contributed by atoms with Gasteiger partial charge in [0.25, 0.3) is 0 Å². The van der Waals surface area contributed by atoms with Gasteiger partial charge in [-0.2, -0.15) is 0 Å². The third-order valence-corrected chi connectivity index (χ3v) is 7.58. The van der Waals surface area contributed by atoms with Crippen LogP contribution in [0.4, 0.5) is 4.79 Å². The van der Waals surface area contributed by atoms with Crippen molar-refractivity contribution in [2.75, 3.05) is 12.4 Å². The molecule has 0 spiro atoms. The van der Waals surface area contributed by atoms with Crippen molar-refractivity contribution in [2.45, 2.75) is 70.4 Å². The number of hydrogen-bond acceptors (Lipinski definition) is 5. The van der Waals surface area contributed by atoms with Crippen molar-refractivity contribution < 1.29 is 17.9 Å². The van der Waals surface area contributed by atoms with Gasteiger partial charge in [0.2, 0.25) is 0 Å². The SMILES string of the molecule is CC(=Cc1ccccc1)CNCS(=O)(=O)[C@H]1CC2CCCC2N1C(=O)OC(C)(C)C.Cl. The molecule has 1 N–H and O–H groups in total. The molecular weight excluding hydrogens is 436 g/mol. The zero-order chi connectivity index (χ0) is 21.9. The van der Waals surface area contributed by atoms with Crippen LogP contribution in [0, 0.1) is 5.92 Å². The summed E-state index contributed by atoms with van der Waals surface area (Å²) in [5, 5.41) is 2.25. The standard InChI is InChI=1S/C23H34N2O4S.ClH/c1-17(13-18-9-6-5-7-10-18)15-24-16-30(27,28)21-14-19-11-8-12-20(19)25(21)22(26)29-23(2,3)4;/h5-7,9-10,13,19-21,24H,8,11-12,14-16H2,1-4H3;1H/t19?,20?,21-;/m0./s1. The van der Waals surface area contributed by atoms with Gasteiger partial charge in [0.15, 0.2) is 9.84 Å². The molecule has 0 aromatic heterocycles. The van der Waals surface area contributed by atoms with Gasteiger partial charge in [-0.3, -0.25) is 10.2 Å². The molecule has 1 saturated heterocycles. The smallest absolute Gasteiger partial charge is 0.411 e. The van der Waals surface area contributed by atoms with Crippen molar-refractivity contribution in [3.05, 3.63) is 41.5 Å². The lowest BCUT2D eigenvalue weighted by molar-refractivity contribution is 0.0191. The zero-order valence-electron chi connectivity index (χ0n) is 18.8. The number of rotatable bonds is 6. The molecule has 6 nitrogen and oxygen atoms in total. The van der Waals surface area contributed by atoms with E-state index in [1.807, 2.05) is 43.3 Å². The van der Waals surface area contributed by atoms with E-state index in [1.165, 1.54) is 4.90 Å². The molecule has 0 radical (unpaired) electrons. The quantitative estimate of drug-likeness (QED) is 0.657. The topological polar surface area (TPSA) is 75.7 Å². The number of likely N-dealkylation sites (tertiary alicyclic amines) is 1. The number of carbonyl (C=O) groups excluding carboxylic acids is 1. The summed E-state index contributed by atoms with van der Waals surface area (Å²) in [5.41, 5.74) is 1.47. The molecule has 3 atom stereocenters. The highest BCUT2D eigenvalue weighted by molar-refractivity contribution is 7.91. The largest absolute Gasteiger partial charge is 0.444 e. The second kappa shape index (κ2) is 10.4. The van der Waals surface area contributed by atoms with Gasteiger partial charge >= 0.3 is 6.09 Å². The Morgan fingerprint density at radius 3 is 2.55 bits per heavy atom. The van der Waals surface area contributed by atoms with Gasteiger partial charge in [-0.15, -0.1) is 12.4 Å². The van der Waals surface area contributed by atoms with Crippen molar-refractivity contribution in [1.29, 1.82) is 0 Å². The number of halogens is 1. The van der Waals surface area contributed by atoms with Gasteiger partial charge in [-0.1, -0.05) is 48.4 Å². The second-order valence-corrected chi connectivity index (χ2v) is 11.6. The van der Waals surface area contributed by atoms with Crippen LogP contribution >= 0.6 is 12.4 Å². The molecule has 1 aromatic carbocycles. The van der Waals surface area contributed by atoms with E-state index < -0.39 is 26.9 Å². The first kappa shape index (κ1) is 25.7. The van der Waals surface area contributed by atoms with E-state index in [0.717, 1.165) is 30.4 Å². The molecule has 8 heteroatoms. The summed E-state index contributed by atoms with van der Waals surface area (Å²) >= 11 is 0. The lowest BCUT2D eigenvalue weighted by atomic mass is 10.1. The molecule has 3 rings (SSSR count). The number of amides is 1. The second-order valence-electron chi connectivity index (χ2n) is 9.47. The van der Waals surface area contributed by atoms with Gasteiger partial charge < -0.3 is 4.74 Å². The number of nitrogens with zero attached hydrogens (tertiary/aromatic N) is 1. The van der Waals surface area contributed by atoms with E-state index >= 15 is 0 Å². The molecule has 1 aliphatic carbocycles. The fraction of sp³-hybridized carbons (Fsp3) is 0.609. The Labute approximate surface area is 192 Å². The lowest BCUT2D eigenvalue weighted by Crippen LogP contribution is -2.48. The minimum Gasteiger partial charge on any atom is -0.444 e. The fourth-order valence-electron chi connectivity index (χ4n) is 4.50. The van der Waals surface area contributed by atoms with Gasteiger partial charge in [-0.05, 0) is 58.4 Å². The molecule has 174 valence electrons. The fourth-order valence-corrected chi connectivity index (χ4v) is 6.21. The number of carbonyl (C=O) groups is 1. The molecule has 0 bridgehead atoms. The Kier molecular flexibility index (Phi) is 8.59. The van der Waals surface area contributed by atoms with E-state index in [9.17, 15) is 13.2 Å². The molecular formula is C23H35ClN2O4S. The van der Waals surface area contributed by atoms with Crippen LogP contribution in [-0.2, 0) is 14.6 Å². The molecule has 1 aliphatic heterocycles. The monoisotopic (exact) mass is 470 g/mol. The molecule has 2 aliphatic rings. The van der Waals surface area contributed by atoms with Crippen LogP contribution in [0.3, 0.4) is 0 Å². The minimum atomic E-state index is -3.53. The van der Waals surface area contributed by atoms with Crippen molar-refractivity contribution in [3.8, 4) is 0 Å². The Morgan fingerprint density at radius 1 is 1.23 bits per heavy atom. The molecule has 2 fully saturated rings. The molecule has 1 heterocycles. The van der Waals surface area contributed by atoms with Crippen LogP contribution in [0.15, 0.2) is 35.9 Å². The number of benzene rings is 1. The number of hydrogen-bond donors (Lipinski definition) is 1.